The molecule has 10 heteroatoms. The van der Waals surface area contributed by atoms with Gasteiger partial charge >= 0.3 is 5.92 Å². The molecule has 4 rings (SSSR count). The maximum Gasteiger partial charge on any atom is 0.303 e. The van der Waals surface area contributed by atoms with E-state index in [1.165, 1.54) is 6.92 Å². The van der Waals surface area contributed by atoms with Gasteiger partial charge in [0.15, 0.2) is 0 Å². The van der Waals surface area contributed by atoms with Gasteiger partial charge in [-0.15, -0.1) is 0 Å². The molecule has 0 bridgehead atoms. The number of hydrogen-bond acceptors (Lipinski definition) is 5. The van der Waals surface area contributed by atoms with Crippen molar-refractivity contribution in [3.05, 3.63) is 48.2 Å². The van der Waals surface area contributed by atoms with Crippen LogP contribution in [0.25, 0.3) is 28.1 Å². The number of fused-ring (bicyclic) bond motifs is 1. The highest BCUT2D eigenvalue weighted by atomic mass is 19.3. The number of anilines is 1. The topological polar surface area (TPSA) is 90.5 Å². The molecule has 160 valence electrons. The Morgan fingerprint density at radius 3 is 2.61 bits per heavy atom. The summed E-state index contributed by atoms with van der Waals surface area (Å²) in [4.78, 5) is 23.9. The zero-order valence-corrected chi connectivity index (χ0v) is 17.5. The van der Waals surface area contributed by atoms with Gasteiger partial charge in [0.05, 0.1) is 11.2 Å². The summed E-state index contributed by atoms with van der Waals surface area (Å²) in [5.74, 6) is -3.45. The fourth-order valence-corrected chi connectivity index (χ4v) is 3.34. The van der Waals surface area contributed by atoms with Gasteiger partial charge in [0.2, 0.25) is 11.7 Å². The molecule has 0 radical (unpaired) electrons. The molecule has 0 spiro atoms. The molecule has 4 aromatic heterocycles. The van der Waals surface area contributed by atoms with Crippen molar-refractivity contribution >= 4 is 22.6 Å². The number of carbonyl (C=O) groups excluding carboxylic acids is 1. The molecule has 8 nitrogen and oxygen atoms in total. The molecule has 0 aliphatic heterocycles. The molecular formula is C21H21F2N7O. The van der Waals surface area contributed by atoms with Crippen LogP contribution in [-0.4, -0.2) is 35.2 Å². The van der Waals surface area contributed by atoms with Crippen molar-refractivity contribution < 1.29 is 13.6 Å². The van der Waals surface area contributed by atoms with E-state index in [0.29, 0.717) is 23.4 Å². The van der Waals surface area contributed by atoms with Crippen LogP contribution in [-0.2, 0) is 24.2 Å². The summed E-state index contributed by atoms with van der Waals surface area (Å²) < 4.78 is 31.7. The van der Waals surface area contributed by atoms with Crippen molar-refractivity contribution in [1.29, 1.82) is 0 Å². The Hall–Kier alpha value is -3.69. The molecule has 0 fully saturated rings. The number of nitrogens with zero attached hydrogens (tertiary/aromatic N) is 6. The molecule has 31 heavy (non-hydrogen) atoms. The second kappa shape index (κ2) is 7.53. The number of aromatic nitrogens is 6. The Bertz CT molecular complexity index is 1290. The van der Waals surface area contributed by atoms with Crippen molar-refractivity contribution in [3.63, 3.8) is 0 Å². The van der Waals surface area contributed by atoms with Crippen LogP contribution >= 0.6 is 0 Å². The van der Waals surface area contributed by atoms with Gasteiger partial charge in [-0.05, 0) is 18.1 Å². The minimum atomic E-state index is -3.24. The molecule has 4 heterocycles. The molecule has 0 unspecified atom stereocenters. The zero-order valence-electron chi connectivity index (χ0n) is 17.5. The minimum absolute atomic E-state index is 0.256. The molecule has 0 aliphatic carbocycles. The maximum absolute atomic E-state index is 14.2. The van der Waals surface area contributed by atoms with Crippen LogP contribution in [0.15, 0.2) is 36.8 Å². The second-order valence-corrected chi connectivity index (χ2v) is 7.34. The number of nitrogens with one attached hydrogen (secondary N) is 1. The summed E-state index contributed by atoms with van der Waals surface area (Å²) in [5.41, 5.74) is 2.41. The van der Waals surface area contributed by atoms with Crippen LogP contribution in [0, 0.1) is 0 Å². The number of pyridine rings is 1. The average Bonchev–Trinajstić information content (AvgIpc) is 3.30. The van der Waals surface area contributed by atoms with E-state index in [1.807, 2.05) is 13.1 Å². The van der Waals surface area contributed by atoms with Crippen LogP contribution < -0.4 is 5.32 Å². The lowest BCUT2D eigenvalue weighted by Gasteiger charge is -2.13. The first-order valence-corrected chi connectivity index (χ1v) is 9.71. The SMILES string of the molecule is CCc1cn(-c2cc(-c3ccn(C)n3)nc(C(C)(F)F)n2)c2cc(NC(C)=O)ncc12. The summed E-state index contributed by atoms with van der Waals surface area (Å²) >= 11 is 0. The van der Waals surface area contributed by atoms with Gasteiger partial charge in [0.1, 0.15) is 17.3 Å². The van der Waals surface area contributed by atoms with Crippen LogP contribution in [0.3, 0.4) is 0 Å². The summed E-state index contributed by atoms with van der Waals surface area (Å²) in [6.07, 6.45) is 5.92. The van der Waals surface area contributed by atoms with Gasteiger partial charge in [-0.2, -0.15) is 13.9 Å². The first kappa shape index (κ1) is 20.6. The van der Waals surface area contributed by atoms with Gasteiger partial charge in [0.25, 0.3) is 0 Å². The molecule has 0 saturated heterocycles. The molecule has 0 aromatic carbocycles. The second-order valence-electron chi connectivity index (χ2n) is 7.34. The average molecular weight is 425 g/mol. The Balaban J connectivity index is 1.96. The number of halogens is 2. The molecule has 0 aliphatic rings. The first-order chi connectivity index (χ1) is 14.7. The fraction of sp³-hybridized carbons (Fsp3) is 0.286. The lowest BCUT2D eigenvalue weighted by molar-refractivity contribution is -0.114. The number of alkyl halides is 2. The van der Waals surface area contributed by atoms with E-state index >= 15 is 0 Å². The highest BCUT2D eigenvalue weighted by Crippen LogP contribution is 2.30. The summed E-state index contributed by atoms with van der Waals surface area (Å²) in [7, 11) is 1.74. The largest absolute Gasteiger partial charge is 0.311 e. The van der Waals surface area contributed by atoms with Crippen LogP contribution in [0.5, 0.6) is 0 Å². The highest BCUT2D eigenvalue weighted by molar-refractivity contribution is 5.92. The van der Waals surface area contributed by atoms with Gasteiger partial charge in [-0.3, -0.25) is 9.48 Å². The summed E-state index contributed by atoms with van der Waals surface area (Å²) in [6.45, 7) is 4.14. The van der Waals surface area contributed by atoms with E-state index in [0.717, 1.165) is 17.9 Å². The molecule has 1 amide bonds. The third-order valence-corrected chi connectivity index (χ3v) is 4.79. The highest BCUT2D eigenvalue weighted by Gasteiger charge is 2.30. The monoisotopic (exact) mass is 425 g/mol. The minimum Gasteiger partial charge on any atom is -0.311 e. The normalized spacial score (nSPS) is 11.8. The van der Waals surface area contributed by atoms with Crippen molar-refractivity contribution in [2.24, 2.45) is 7.05 Å². The Morgan fingerprint density at radius 1 is 1.23 bits per heavy atom. The molecule has 4 aromatic rings. The summed E-state index contributed by atoms with van der Waals surface area (Å²) in [6, 6.07) is 5.02. The van der Waals surface area contributed by atoms with E-state index in [1.54, 1.807) is 46.9 Å². The molecule has 1 N–H and O–H groups in total. The third kappa shape index (κ3) is 4.00. The number of amides is 1. The van der Waals surface area contributed by atoms with Crippen molar-refractivity contribution in [3.8, 4) is 17.2 Å². The van der Waals surface area contributed by atoms with E-state index in [4.69, 9.17) is 0 Å². The van der Waals surface area contributed by atoms with Gasteiger partial charge < -0.3 is 9.88 Å². The van der Waals surface area contributed by atoms with Crippen molar-refractivity contribution in [2.75, 3.05) is 5.32 Å². The smallest absolute Gasteiger partial charge is 0.303 e. The number of aryl methyl sites for hydroxylation is 2. The number of hydrogen-bond donors (Lipinski definition) is 1. The Morgan fingerprint density at radius 2 is 2.00 bits per heavy atom. The van der Waals surface area contributed by atoms with E-state index < -0.39 is 11.7 Å². The zero-order chi connectivity index (χ0) is 22.3. The van der Waals surface area contributed by atoms with E-state index in [2.05, 4.69) is 25.4 Å². The molecule has 0 atom stereocenters. The Kier molecular flexibility index (Phi) is 5.00. The maximum atomic E-state index is 14.2. The third-order valence-electron chi connectivity index (χ3n) is 4.79. The van der Waals surface area contributed by atoms with E-state index in [9.17, 15) is 13.6 Å². The van der Waals surface area contributed by atoms with Crippen molar-refractivity contribution in [1.82, 2.24) is 29.3 Å². The standard InChI is InChI=1S/C21H21F2N7O/c1-5-13-11-30(17-9-18(25-12(2)31)24-10-14(13)17)19-8-16(15-6-7-29(4)28-15)26-20(27-19)21(3,22)23/h6-11H,5H2,1-4H3,(H,24,25,31). The number of rotatable bonds is 5. The van der Waals surface area contributed by atoms with Gasteiger partial charge in [-0.1, -0.05) is 6.92 Å². The van der Waals surface area contributed by atoms with Crippen LogP contribution in [0.2, 0.25) is 0 Å². The molecular weight excluding hydrogens is 404 g/mol. The van der Waals surface area contributed by atoms with E-state index in [-0.39, 0.29) is 17.4 Å². The van der Waals surface area contributed by atoms with Gasteiger partial charge in [0, 0.05) is 57.0 Å². The lowest BCUT2D eigenvalue weighted by Crippen LogP contribution is -2.15. The predicted octanol–water partition coefficient (Wildman–Crippen LogP) is 3.85. The van der Waals surface area contributed by atoms with Crippen LogP contribution in [0.4, 0.5) is 14.6 Å². The predicted molar refractivity (Wildman–Crippen MR) is 112 cm³/mol. The quantitative estimate of drug-likeness (QED) is 0.525. The molecule has 0 saturated carbocycles. The number of carbonyl (C=O) groups is 1. The lowest BCUT2D eigenvalue weighted by atomic mass is 10.2. The first-order valence-electron chi connectivity index (χ1n) is 9.71. The summed E-state index contributed by atoms with van der Waals surface area (Å²) in [5, 5.41) is 7.78. The van der Waals surface area contributed by atoms with Crippen LogP contribution in [0.1, 0.15) is 32.2 Å². The Labute approximate surface area is 177 Å². The van der Waals surface area contributed by atoms with Gasteiger partial charge in [-0.25, -0.2) is 15.0 Å². The fourth-order valence-electron chi connectivity index (χ4n) is 3.34. The van der Waals surface area contributed by atoms with Crippen molar-refractivity contribution in [2.45, 2.75) is 33.1 Å².